The third-order valence-electron chi connectivity index (χ3n) is 2.33. The third-order valence-corrected chi connectivity index (χ3v) is 2.33. The van der Waals surface area contributed by atoms with Crippen molar-refractivity contribution in [3.05, 3.63) is 29.6 Å². The first kappa shape index (κ1) is 7.59. The van der Waals surface area contributed by atoms with Crippen molar-refractivity contribution in [2.75, 3.05) is 6.61 Å². The van der Waals surface area contributed by atoms with Crippen LogP contribution in [-0.2, 0) is 0 Å². The second-order valence-corrected chi connectivity index (χ2v) is 3.20. The Labute approximate surface area is 71.2 Å². The number of rotatable bonds is 0. The molecular weight excluding hydrogens is 155 g/mol. The Balaban J connectivity index is 2.52. The first-order chi connectivity index (χ1) is 5.79. The lowest BCUT2D eigenvalue weighted by molar-refractivity contribution is 0.258. The van der Waals surface area contributed by atoms with Crippen molar-refractivity contribution in [3.63, 3.8) is 0 Å². The van der Waals surface area contributed by atoms with Crippen molar-refractivity contribution in [2.24, 2.45) is 0 Å². The standard InChI is InChI=1S/C10H11FO/c1-7-5-6-12-10-8(7)3-2-4-9(10)11/h2-4,7H,5-6H2,1H3. The monoisotopic (exact) mass is 166 g/mol. The average molecular weight is 166 g/mol. The fraction of sp³-hybridized carbons (Fsp3) is 0.400. The molecule has 0 saturated heterocycles. The molecule has 64 valence electrons. The highest BCUT2D eigenvalue weighted by Gasteiger charge is 2.19. The van der Waals surface area contributed by atoms with Gasteiger partial charge in [0.05, 0.1) is 6.61 Å². The molecule has 0 aliphatic carbocycles. The molecule has 0 aromatic heterocycles. The minimum absolute atomic E-state index is 0.237. The van der Waals surface area contributed by atoms with Gasteiger partial charge in [-0.3, -0.25) is 0 Å². The van der Waals surface area contributed by atoms with Gasteiger partial charge in [-0.15, -0.1) is 0 Å². The van der Waals surface area contributed by atoms with Crippen LogP contribution >= 0.6 is 0 Å². The van der Waals surface area contributed by atoms with E-state index < -0.39 is 0 Å². The molecule has 0 fully saturated rings. The molecular formula is C10H11FO. The Morgan fingerprint density at radius 2 is 2.33 bits per heavy atom. The Bertz CT molecular complexity index is 296. The largest absolute Gasteiger partial charge is 0.490 e. The van der Waals surface area contributed by atoms with Crippen molar-refractivity contribution in [3.8, 4) is 5.75 Å². The lowest BCUT2D eigenvalue weighted by atomic mass is 9.95. The molecule has 1 unspecified atom stereocenters. The first-order valence-electron chi connectivity index (χ1n) is 4.20. The SMILES string of the molecule is CC1CCOc2c(F)cccc21. The quantitative estimate of drug-likeness (QED) is 0.575. The summed E-state index contributed by atoms with van der Waals surface area (Å²) in [5, 5.41) is 0. The second-order valence-electron chi connectivity index (χ2n) is 3.20. The predicted molar refractivity (Wildman–Crippen MR) is 44.9 cm³/mol. The van der Waals surface area contributed by atoms with Crippen LogP contribution in [0.3, 0.4) is 0 Å². The van der Waals surface area contributed by atoms with Crippen LogP contribution in [0.5, 0.6) is 5.75 Å². The van der Waals surface area contributed by atoms with Crippen LogP contribution in [-0.4, -0.2) is 6.61 Å². The van der Waals surface area contributed by atoms with Crippen LogP contribution in [0.25, 0.3) is 0 Å². The Morgan fingerprint density at radius 1 is 1.50 bits per heavy atom. The molecule has 12 heavy (non-hydrogen) atoms. The van der Waals surface area contributed by atoms with Crippen LogP contribution in [0, 0.1) is 5.82 Å². The minimum Gasteiger partial charge on any atom is -0.490 e. The maximum atomic E-state index is 13.1. The number of hydrogen-bond acceptors (Lipinski definition) is 1. The van der Waals surface area contributed by atoms with Gasteiger partial charge in [-0.25, -0.2) is 4.39 Å². The Kier molecular flexibility index (Phi) is 1.75. The highest BCUT2D eigenvalue weighted by molar-refractivity contribution is 5.38. The topological polar surface area (TPSA) is 9.23 Å². The summed E-state index contributed by atoms with van der Waals surface area (Å²) in [5.41, 5.74) is 1.00. The molecule has 1 atom stereocenters. The molecule has 2 rings (SSSR count). The fourth-order valence-corrected chi connectivity index (χ4v) is 1.56. The maximum Gasteiger partial charge on any atom is 0.165 e. The van der Waals surface area contributed by atoms with E-state index in [2.05, 4.69) is 6.92 Å². The average Bonchev–Trinajstić information content (AvgIpc) is 2.07. The molecule has 0 N–H and O–H groups in total. The van der Waals surface area contributed by atoms with E-state index in [4.69, 9.17) is 4.74 Å². The van der Waals surface area contributed by atoms with E-state index in [1.807, 2.05) is 6.07 Å². The predicted octanol–water partition coefficient (Wildman–Crippen LogP) is 2.71. The van der Waals surface area contributed by atoms with Gasteiger partial charge in [0.1, 0.15) is 0 Å². The first-order valence-corrected chi connectivity index (χ1v) is 4.20. The van der Waals surface area contributed by atoms with Crippen molar-refractivity contribution in [1.82, 2.24) is 0 Å². The van der Waals surface area contributed by atoms with E-state index in [0.29, 0.717) is 18.3 Å². The smallest absolute Gasteiger partial charge is 0.165 e. The van der Waals surface area contributed by atoms with Gasteiger partial charge in [0.15, 0.2) is 11.6 Å². The highest BCUT2D eigenvalue weighted by Crippen LogP contribution is 2.34. The molecule has 2 heteroatoms. The van der Waals surface area contributed by atoms with Crippen molar-refractivity contribution in [1.29, 1.82) is 0 Å². The lowest BCUT2D eigenvalue weighted by Crippen LogP contribution is -2.12. The number of fused-ring (bicyclic) bond motifs is 1. The number of hydrogen-bond donors (Lipinski definition) is 0. The van der Waals surface area contributed by atoms with Crippen LogP contribution in [0.1, 0.15) is 24.8 Å². The Hall–Kier alpha value is -1.05. The molecule has 1 aromatic carbocycles. The molecule has 1 aromatic rings. The Morgan fingerprint density at radius 3 is 3.08 bits per heavy atom. The zero-order valence-corrected chi connectivity index (χ0v) is 7.01. The number of ether oxygens (including phenoxy) is 1. The van der Waals surface area contributed by atoms with Gasteiger partial charge in [-0.1, -0.05) is 19.1 Å². The summed E-state index contributed by atoms with van der Waals surface area (Å²) in [6, 6.07) is 5.11. The zero-order valence-electron chi connectivity index (χ0n) is 7.01. The molecule has 0 bridgehead atoms. The van der Waals surface area contributed by atoms with Crippen molar-refractivity contribution >= 4 is 0 Å². The number of benzene rings is 1. The molecule has 1 aliphatic rings. The van der Waals surface area contributed by atoms with E-state index in [0.717, 1.165) is 12.0 Å². The van der Waals surface area contributed by atoms with Gasteiger partial charge < -0.3 is 4.74 Å². The van der Waals surface area contributed by atoms with Crippen LogP contribution in [0.4, 0.5) is 4.39 Å². The van der Waals surface area contributed by atoms with E-state index in [1.165, 1.54) is 6.07 Å². The molecule has 1 aliphatic heterocycles. The van der Waals surface area contributed by atoms with Crippen LogP contribution in [0.2, 0.25) is 0 Å². The summed E-state index contributed by atoms with van der Waals surface area (Å²) in [4.78, 5) is 0. The summed E-state index contributed by atoms with van der Waals surface area (Å²) in [6.07, 6.45) is 0.983. The van der Waals surface area contributed by atoms with Gasteiger partial charge >= 0.3 is 0 Å². The summed E-state index contributed by atoms with van der Waals surface area (Å²) in [6.45, 7) is 2.73. The van der Waals surface area contributed by atoms with Gasteiger partial charge in [-0.2, -0.15) is 0 Å². The van der Waals surface area contributed by atoms with E-state index >= 15 is 0 Å². The lowest BCUT2D eigenvalue weighted by Gasteiger charge is -2.22. The molecule has 0 radical (unpaired) electrons. The summed E-state index contributed by atoms with van der Waals surface area (Å²) in [5.74, 6) is 0.639. The molecule has 0 amide bonds. The van der Waals surface area contributed by atoms with Gasteiger partial charge in [-0.05, 0) is 18.4 Å². The molecule has 1 heterocycles. The second kappa shape index (κ2) is 2.77. The van der Waals surface area contributed by atoms with E-state index in [9.17, 15) is 4.39 Å². The van der Waals surface area contributed by atoms with Crippen molar-refractivity contribution in [2.45, 2.75) is 19.3 Å². The van der Waals surface area contributed by atoms with Gasteiger partial charge in [0, 0.05) is 5.56 Å². The molecule has 1 nitrogen and oxygen atoms in total. The van der Waals surface area contributed by atoms with E-state index in [1.54, 1.807) is 6.07 Å². The number of para-hydroxylation sites is 1. The normalized spacial score (nSPS) is 21.3. The van der Waals surface area contributed by atoms with E-state index in [-0.39, 0.29) is 5.82 Å². The maximum absolute atomic E-state index is 13.1. The minimum atomic E-state index is -0.237. The molecule has 0 saturated carbocycles. The number of halogens is 1. The molecule has 0 spiro atoms. The highest BCUT2D eigenvalue weighted by atomic mass is 19.1. The fourth-order valence-electron chi connectivity index (χ4n) is 1.56. The van der Waals surface area contributed by atoms with Crippen LogP contribution in [0.15, 0.2) is 18.2 Å². The van der Waals surface area contributed by atoms with Gasteiger partial charge in [0.25, 0.3) is 0 Å². The third kappa shape index (κ3) is 1.07. The summed E-state index contributed by atoms with van der Waals surface area (Å²) < 4.78 is 18.4. The van der Waals surface area contributed by atoms with Crippen LogP contribution < -0.4 is 4.74 Å². The van der Waals surface area contributed by atoms with Gasteiger partial charge in [0.2, 0.25) is 0 Å². The summed E-state index contributed by atoms with van der Waals surface area (Å²) in [7, 11) is 0. The summed E-state index contributed by atoms with van der Waals surface area (Å²) >= 11 is 0. The van der Waals surface area contributed by atoms with Crippen molar-refractivity contribution < 1.29 is 9.13 Å². The zero-order chi connectivity index (χ0) is 8.55.